The number of nitro groups is 1. The average Bonchev–Trinajstić information content (AvgIpc) is 2.25. The SMILES string of the molecule is Cc1cccc(NC(C)C(=O)NC(C)(C)C)c1[N+](=O)[O-]. The molecular weight excluding hydrogens is 258 g/mol. The van der Waals surface area contributed by atoms with Gasteiger partial charge in [-0.1, -0.05) is 12.1 Å². The van der Waals surface area contributed by atoms with E-state index >= 15 is 0 Å². The summed E-state index contributed by atoms with van der Waals surface area (Å²) in [5, 5.41) is 16.8. The van der Waals surface area contributed by atoms with Gasteiger partial charge in [-0.05, 0) is 40.7 Å². The summed E-state index contributed by atoms with van der Waals surface area (Å²) in [6.45, 7) is 8.99. The summed E-state index contributed by atoms with van der Waals surface area (Å²) in [5.74, 6) is -0.201. The number of carbonyl (C=O) groups excluding carboxylic acids is 1. The Kier molecular flexibility index (Phi) is 4.70. The molecule has 1 rings (SSSR count). The molecule has 0 bridgehead atoms. The van der Waals surface area contributed by atoms with E-state index in [1.807, 2.05) is 20.8 Å². The van der Waals surface area contributed by atoms with Crippen LogP contribution in [0.1, 0.15) is 33.3 Å². The van der Waals surface area contributed by atoms with Crippen LogP contribution in [-0.2, 0) is 4.79 Å². The van der Waals surface area contributed by atoms with Crippen LogP contribution in [0.4, 0.5) is 11.4 Å². The number of anilines is 1. The van der Waals surface area contributed by atoms with E-state index in [1.54, 1.807) is 32.0 Å². The first kappa shape index (κ1) is 15.9. The van der Waals surface area contributed by atoms with Crippen LogP contribution in [0, 0.1) is 17.0 Å². The Morgan fingerprint density at radius 1 is 1.35 bits per heavy atom. The van der Waals surface area contributed by atoms with Gasteiger partial charge in [0, 0.05) is 11.1 Å². The zero-order valence-corrected chi connectivity index (χ0v) is 12.5. The minimum Gasteiger partial charge on any atom is -0.368 e. The highest BCUT2D eigenvalue weighted by Gasteiger charge is 2.23. The van der Waals surface area contributed by atoms with Crippen molar-refractivity contribution in [1.82, 2.24) is 5.32 Å². The van der Waals surface area contributed by atoms with E-state index in [0.29, 0.717) is 11.3 Å². The van der Waals surface area contributed by atoms with Crippen molar-refractivity contribution in [3.63, 3.8) is 0 Å². The Bertz CT molecular complexity index is 521. The molecule has 1 amide bonds. The lowest BCUT2D eigenvalue weighted by Crippen LogP contribution is -2.47. The number of hydrogen-bond donors (Lipinski definition) is 2. The third-order valence-corrected chi connectivity index (χ3v) is 2.68. The van der Waals surface area contributed by atoms with Gasteiger partial charge >= 0.3 is 0 Å². The van der Waals surface area contributed by atoms with Gasteiger partial charge in [-0.25, -0.2) is 0 Å². The number of aryl methyl sites for hydroxylation is 1. The summed E-state index contributed by atoms with van der Waals surface area (Å²) in [7, 11) is 0. The smallest absolute Gasteiger partial charge is 0.295 e. The minimum atomic E-state index is -0.560. The Labute approximate surface area is 118 Å². The number of nitrogens with zero attached hydrogens (tertiary/aromatic N) is 1. The first-order valence-corrected chi connectivity index (χ1v) is 6.44. The van der Waals surface area contributed by atoms with E-state index in [0.717, 1.165) is 0 Å². The van der Waals surface area contributed by atoms with Crippen molar-refractivity contribution < 1.29 is 9.72 Å². The fourth-order valence-electron chi connectivity index (χ4n) is 1.79. The predicted octanol–water partition coefficient (Wildman–Crippen LogP) is 2.62. The molecule has 0 aliphatic carbocycles. The van der Waals surface area contributed by atoms with Gasteiger partial charge in [-0.3, -0.25) is 14.9 Å². The molecule has 0 radical (unpaired) electrons. The van der Waals surface area contributed by atoms with Crippen LogP contribution in [0.3, 0.4) is 0 Å². The maximum Gasteiger partial charge on any atom is 0.295 e. The topological polar surface area (TPSA) is 84.3 Å². The van der Waals surface area contributed by atoms with Crippen LogP contribution in [-0.4, -0.2) is 22.4 Å². The van der Waals surface area contributed by atoms with Crippen LogP contribution in [0.25, 0.3) is 0 Å². The summed E-state index contributed by atoms with van der Waals surface area (Å²) in [6, 6.07) is 4.43. The van der Waals surface area contributed by atoms with Gasteiger partial charge in [0.15, 0.2) is 0 Å². The molecule has 0 aliphatic rings. The van der Waals surface area contributed by atoms with Crippen molar-refractivity contribution in [1.29, 1.82) is 0 Å². The van der Waals surface area contributed by atoms with Crippen LogP contribution in [0.15, 0.2) is 18.2 Å². The van der Waals surface area contributed by atoms with Crippen molar-refractivity contribution in [3.8, 4) is 0 Å². The molecule has 110 valence electrons. The van der Waals surface area contributed by atoms with Crippen LogP contribution in [0.2, 0.25) is 0 Å². The van der Waals surface area contributed by atoms with E-state index in [-0.39, 0.29) is 17.1 Å². The maximum absolute atomic E-state index is 12.0. The molecular formula is C14H21N3O3. The maximum atomic E-state index is 12.0. The van der Waals surface area contributed by atoms with Gasteiger partial charge in [0.05, 0.1) is 4.92 Å². The molecule has 1 atom stereocenters. The molecule has 1 unspecified atom stereocenters. The van der Waals surface area contributed by atoms with Gasteiger partial charge in [0.25, 0.3) is 5.69 Å². The van der Waals surface area contributed by atoms with Gasteiger partial charge in [-0.15, -0.1) is 0 Å². The standard InChI is InChI=1S/C14H21N3O3/c1-9-7-6-8-11(12(9)17(19)20)15-10(2)13(18)16-14(3,4)5/h6-8,10,15H,1-5H3,(H,16,18). The number of nitrogens with one attached hydrogen (secondary N) is 2. The van der Waals surface area contributed by atoms with E-state index in [2.05, 4.69) is 10.6 Å². The molecule has 0 fully saturated rings. The Morgan fingerprint density at radius 3 is 2.45 bits per heavy atom. The molecule has 1 aromatic carbocycles. The summed E-state index contributed by atoms with van der Waals surface area (Å²) in [6.07, 6.45) is 0. The number of benzene rings is 1. The van der Waals surface area contributed by atoms with Gasteiger partial charge < -0.3 is 10.6 Å². The molecule has 0 aliphatic heterocycles. The minimum absolute atomic E-state index is 0.00269. The second-order valence-corrected chi connectivity index (χ2v) is 5.83. The predicted molar refractivity (Wildman–Crippen MR) is 78.8 cm³/mol. The van der Waals surface area contributed by atoms with Gasteiger partial charge in [0.1, 0.15) is 11.7 Å². The lowest BCUT2D eigenvalue weighted by molar-refractivity contribution is -0.384. The number of hydrogen-bond acceptors (Lipinski definition) is 4. The van der Waals surface area contributed by atoms with E-state index in [4.69, 9.17) is 0 Å². The Morgan fingerprint density at radius 2 is 1.95 bits per heavy atom. The van der Waals surface area contributed by atoms with Crippen molar-refractivity contribution >= 4 is 17.3 Å². The van der Waals surface area contributed by atoms with Crippen molar-refractivity contribution in [2.45, 2.75) is 46.2 Å². The number of amides is 1. The molecule has 0 aromatic heterocycles. The highest BCUT2D eigenvalue weighted by molar-refractivity contribution is 5.85. The fourth-order valence-corrected chi connectivity index (χ4v) is 1.79. The van der Waals surface area contributed by atoms with Crippen LogP contribution in [0.5, 0.6) is 0 Å². The quantitative estimate of drug-likeness (QED) is 0.655. The van der Waals surface area contributed by atoms with Crippen LogP contribution < -0.4 is 10.6 Å². The largest absolute Gasteiger partial charge is 0.368 e. The second kappa shape index (κ2) is 5.90. The van der Waals surface area contributed by atoms with E-state index in [9.17, 15) is 14.9 Å². The molecule has 20 heavy (non-hydrogen) atoms. The zero-order valence-electron chi connectivity index (χ0n) is 12.5. The first-order chi connectivity index (χ1) is 9.11. The zero-order chi connectivity index (χ0) is 15.5. The second-order valence-electron chi connectivity index (χ2n) is 5.83. The fraction of sp³-hybridized carbons (Fsp3) is 0.500. The lowest BCUT2D eigenvalue weighted by Gasteiger charge is -2.24. The number of rotatable bonds is 4. The molecule has 0 heterocycles. The van der Waals surface area contributed by atoms with Crippen molar-refractivity contribution in [2.24, 2.45) is 0 Å². The number of nitro benzene ring substituents is 1. The monoisotopic (exact) mass is 279 g/mol. The highest BCUT2D eigenvalue weighted by Crippen LogP contribution is 2.28. The highest BCUT2D eigenvalue weighted by atomic mass is 16.6. The normalized spacial score (nSPS) is 12.7. The van der Waals surface area contributed by atoms with Crippen molar-refractivity contribution in [2.75, 3.05) is 5.32 Å². The molecule has 0 saturated heterocycles. The van der Waals surface area contributed by atoms with Crippen molar-refractivity contribution in [3.05, 3.63) is 33.9 Å². The Hall–Kier alpha value is -2.11. The summed E-state index contributed by atoms with van der Waals surface area (Å²) < 4.78 is 0. The third kappa shape index (κ3) is 4.22. The average molecular weight is 279 g/mol. The summed E-state index contributed by atoms with van der Waals surface area (Å²) in [5.41, 5.74) is 0.573. The third-order valence-electron chi connectivity index (χ3n) is 2.68. The van der Waals surface area contributed by atoms with E-state index < -0.39 is 11.0 Å². The lowest BCUT2D eigenvalue weighted by atomic mass is 10.1. The molecule has 6 heteroatoms. The van der Waals surface area contributed by atoms with Gasteiger partial charge in [-0.2, -0.15) is 0 Å². The molecule has 1 aromatic rings. The van der Waals surface area contributed by atoms with Gasteiger partial charge in [0.2, 0.25) is 5.91 Å². The van der Waals surface area contributed by atoms with Crippen LogP contribution >= 0.6 is 0 Å². The summed E-state index contributed by atoms with van der Waals surface area (Å²) >= 11 is 0. The Balaban J connectivity index is 2.91. The molecule has 0 spiro atoms. The number of carbonyl (C=O) groups is 1. The first-order valence-electron chi connectivity index (χ1n) is 6.44. The molecule has 6 nitrogen and oxygen atoms in total. The van der Waals surface area contributed by atoms with E-state index in [1.165, 1.54) is 0 Å². The number of para-hydroxylation sites is 1. The molecule has 0 saturated carbocycles. The summed E-state index contributed by atoms with van der Waals surface area (Å²) in [4.78, 5) is 22.6. The molecule has 2 N–H and O–H groups in total.